The van der Waals surface area contributed by atoms with Crippen LogP contribution in [0.2, 0.25) is 0 Å². The minimum atomic E-state index is -5.14. The average molecular weight is 491 g/mol. The molecule has 4 nitrogen and oxygen atoms in total. The fourth-order valence-electron chi connectivity index (χ4n) is 2.24. The molecule has 116 valence electrons. The van der Waals surface area contributed by atoms with E-state index in [-0.39, 0.29) is 0 Å². The molecule has 20 heavy (non-hydrogen) atoms. The third-order valence-corrected chi connectivity index (χ3v) is 4.64. The van der Waals surface area contributed by atoms with E-state index in [4.69, 9.17) is 5.11 Å². The number of esters is 1. The van der Waals surface area contributed by atoms with Crippen molar-refractivity contribution in [3.63, 3.8) is 0 Å². The van der Waals surface area contributed by atoms with E-state index in [0.717, 1.165) is 0 Å². The van der Waals surface area contributed by atoms with Gasteiger partial charge in [-0.2, -0.15) is 13.2 Å². The van der Waals surface area contributed by atoms with E-state index < -0.39 is 43.6 Å². The summed E-state index contributed by atoms with van der Waals surface area (Å²) in [7, 11) is 0. The third kappa shape index (κ3) is 3.68. The standard InChI is InChI=1S/C10H10Br3F3O4/c1-8(2)3(4(8)6(17)18)5(9(11,12)13)20-7(19)10(14,15)16/h3-5H,1-2H3,(H,17,18)/t3-,4+,5+/m1/s1. The molecule has 0 aromatic heterocycles. The highest BCUT2D eigenvalue weighted by Crippen LogP contribution is 2.64. The smallest absolute Gasteiger partial charge is 0.481 e. The van der Waals surface area contributed by atoms with Gasteiger partial charge in [0.05, 0.1) is 5.92 Å². The summed E-state index contributed by atoms with van der Waals surface area (Å²) in [5, 5.41) is 9.06. The molecule has 1 aliphatic carbocycles. The number of carbonyl (C=O) groups is 2. The first-order valence-electron chi connectivity index (χ1n) is 5.28. The topological polar surface area (TPSA) is 63.6 Å². The molecule has 0 unspecified atom stereocenters. The second-order valence-electron chi connectivity index (χ2n) is 5.03. The van der Waals surface area contributed by atoms with E-state index in [1.165, 1.54) is 0 Å². The largest absolute Gasteiger partial charge is 0.490 e. The van der Waals surface area contributed by atoms with Gasteiger partial charge in [0.25, 0.3) is 0 Å². The summed E-state index contributed by atoms with van der Waals surface area (Å²) in [6.45, 7) is 3.17. The zero-order valence-electron chi connectivity index (χ0n) is 10.2. The van der Waals surface area contributed by atoms with Gasteiger partial charge in [0.15, 0.2) is 2.14 Å². The normalized spacial score (nSPS) is 26.8. The van der Waals surface area contributed by atoms with Crippen LogP contribution in [0.5, 0.6) is 0 Å². The van der Waals surface area contributed by atoms with Crippen molar-refractivity contribution in [2.24, 2.45) is 17.3 Å². The Balaban J connectivity index is 3.00. The molecule has 0 saturated heterocycles. The van der Waals surface area contributed by atoms with Gasteiger partial charge in [-0.25, -0.2) is 4.79 Å². The lowest BCUT2D eigenvalue weighted by Gasteiger charge is -2.27. The number of halogens is 6. The van der Waals surface area contributed by atoms with E-state index in [2.05, 4.69) is 52.5 Å². The molecule has 1 rings (SSSR count). The number of ether oxygens (including phenoxy) is 1. The number of aliphatic carboxylic acids is 1. The first-order chi connectivity index (χ1) is 8.70. The molecule has 3 atom stereocenters. The summed E-state index contributed by atoms with van der Waals surface area (Å²) < 4.78 is 40.0. The molecule has 0 aromatic rings. The summed E-state index contributed by atoms with van der Waals surface area (Å²) in [5.74, 6) is -5.19. The van der Waals surface area contributed by atoms with Crippen molar-refractivity contribution in [2.75, 3.05) is 0 Å². The van der Waals surface area contributed by atoms with Gasteiger partial charge in [-0.3, -0.25) is 4.79 Å². The van der Waals surface area contributed by atoms with Crippen LogP contribution in [0.4, 0.5) is 13.2 Å². The van der Waals surface area contributed by atoms with Crippen molar-refractivity contribution in [3.8, 4) is 0 Å². The lowest BCUT2D eigenvalue weighted by Crippen LogP contribution is -2.38. The highest BCUT2D eigenvalue weighted by molar-refractivity contribution is 9.39. The van der Waals surface area contributed by atoms with Crippen LogP contribution in [-0.4, -0.2) is 31.5 Å². The van der Waals surface area contributed by atoms with Crippen molar-refractivity contribution in [1.29, 1.82) is 0 Å². The van der Waals surface area contributed by atoms with Gasteiger partial charge in [-0.05, 0) is 5.41 Å². The van der Waals surface area contributed by atoms with Crippen molar-refractivity contribution in [2.45, 2.75) is 28.3 Å². The maximum atomic E-state index is 12.3. The Kier molecular flexibility index (Phi) is 4.94. The van der Waals surface area contributed by atoms with Crippen LogP contribution in [0, 0.1) is 17.3 Å². The fourth-order valence-corrected chi connectivity index (χ4v) is 3.37. The van der Waals surface area contributed by atoms with E-state index in [1.807, 2.05) is 0 Å². The molecule has 0 aliphatic heterocycles. The van der Waals surface area contributed by atoms with Crippen LogP contribution >= 0.6 is 47.8 Å². The van der Waals surface area contributed by atoms with Crippen molar-refractivity contribution in [3.05, 3.63) is 0 Å². The second-order valence-corrected chi connectivity index (χ2v) is 12.0. The summed E-state index contributed by atoms with van der Waals surface area (Å²) in [5.41, 5.74) is -0.789. The number of hydrogen-bond donors (Lipinski definition) is 1. The number of carboxylic acids is 1. The Morgan fingerprint density at radius 3 is 1.95 bits per heavy atom. The van der Waals surface area contributed by atoms with Crippen LogP contribution < -0.4 is 0 Å². The van der Waals surface area contributed by atoms with E-state index in [1.54, 1.807) is 13.8 Å². The lowest BCUT2D eigenvalue weighted by molar-refractivity contribution is -0.205. The summed E-state index contributed by atoms with van der Waals surface area (Å²) >= 11 is 9.01. The average Bonchev–Trinajstić information content (AvgIpc) is 2.73. The molecule has 0 spiro atoms. The Hall–Kier alpha value is 0.170. The molecule has 1 saturated carbocycles. The van der Waals surface area contributed by atoms with Crippen LogP contribution in [0.25, 0.3) is 0 Å². The van der Waals surface area contributed by atoms with E-state index in [0.29, 0.717) is 0 Å². The minimum absolute atomic E-state index is 0.774. The van der Waals surface area contributed by atoms with E-state index in [9.17, 15) is 22.8 Å². The van der Waals surface area contributed by atoms with Gasteiger partial charge in [0.1, 0.15) is 6.10 Å². The Morgan fingerprint density at radius 2 is 1.70 bits per heavy atom. The molecule has 10 heteroatoms. The third-order valence-electron chi connectivity index (χ3n) is 3.29. The van der Waals surface area contributed by atoms with E-state index >= 15 is 0 Å². The summed E-state index contributed by atoms with van der Waals surface area (Å²) in [6, 6.07) is 0. The van der Waals surface area contributed by atoms with Crippen LogP contribution in [-0.2, 0) is 14.3 Å². The zero-order chi connectivity index (χ0) is 16.1. The number of carbonyl (C=O) groups excluding carboxylic acids is 1. The van der Waals surface area contributed by atoms with Crippen LogP contribution in [0.3, 0.4) is 0 Å². The van der Waals surface area contributed by atoms with Crippen molar-refractivity contribution >= 4 is 59.7 Å². The van der Waals surface area contributed by atoms with Gasteiger partial charge in [-0.1, -0.05) is 61.6 Å². The molecule has 1 aliphatic rings. The molecule has 1 fully saturated rings. The molecule has 0 heterocycles. The lowest BCUT2D eigenvalue weighted by atomic mass is 10.1. The van der Waals surface area contributed by atoms with Crippen LogP contribution in [0.1, 0.15) is 13.8 Å². The Morgan fingerprint density at radius 1 is 1.25 bits per heavy atom. The predicted molar refractivity (Wildman–Crippen MR) is 73.8 cm³/mol. The second kappa shape index (κ2) is 5.42. The first-order valence-corrected chi connectivity index (χ1v) is 7.66. The van der Waals surface area contributed by atoms with Crippen molar-refractivity contribution in [1.82, 2.24) is 0 Å². The fraction of sp³-hybridized carbons (Fsp3) is 0.800. The highest BCUT2D eigenvalue weighted by Gasteiger charge is 2.69. The summed E-state index contributed by atoms with van der Waals surface area (Å²) in [6.07, 6.45) is -6.50. The first kappa shape index (κ1) is 18.2. The molecular weight excluding hydrogens is 481 g/mol. The molecular formula is C10H10Br3F3O4. The number of rotatable bonds is 3. The number of hydrogen-bond acceptors (Lipinski definition) is 3. The van der Waals surface area contributed by atoms with Gasteiger partial charge < -0.3 is 9.84 Å². The molecule has 0 radical (unpaired) electrons. The molecule has 0 bridgehead atoms. The minimum Gasteiger partial charge on any atom is -0.481 e. The summed E-state index contributed by atoms with van der Waals surface area (Å²) in [4.78, 5) is 22.1. The predicted octanol–water partition coefficient (Wildman–Crippen LogP) is 3.66. The maximum Gasteiger partial charge on any atom is 0.490 e. The van der Waals surface area contributed by atoms with Crippen molar-refractivity contribution < 1.29 is 32.6 Å². The Bertz CT molecular complexity index is 430. The van der Waals surface area contributed by atoms with Gasteiger partial charge in [-0.15, -0.1) is 0 Å². The molecule has 1 N–H and O–H groups in total. The zero-order valence-corrected chi connectivity index (χ0v) is 14.9. The van der Waals surface area contributed by atoms with Crippen LogP contribution in [0.15, 0.2) is 0 Å². The number of alkyl halides is 6. The maximum absolute atomic E-state index is 12.3. The number of carboxylic acid groups (broad SMARTS) is 1. The quantitative estimate of drug-likeness (QED) is 0.484. The van der Waals surface area contributed by atoms with Gasteiger partial charge >= 0.3 is 18.1 Å². The molecule has 0 aromatic carbocycles. The van der Waals surface area contributed by atoms with Gasteiger partial charge in [0.2, 0.25) is 0 Å². The molecule has 0 amide bonds. The Labute approximate surface area is 137 Å². The highest BCUT2D eigenvalue weighted by atomic mass is 80.0. The van der Waals surface area contributed by atoms with Gasteiger partial charge in [0, 0.05) is 5.92 Å². The SMILES string of the molecule is CC1(C)[C@@H]([C@H](OC(=O)C(F)(F)F)C(Br)(Br)Br)[C@H]1C(=O)O. The monoisotopic (exact) mass is 488 g/mol.